The second-order valence-electron chi connectivity index (χ2n) is 7.28. The highest BCUT2D eigenvalue weighted by molar-refractivity contribution is 7.98. The first kappa shape index (κ1) is 16.9. The zero-order chi connectivity index (χ0) is 18.2. The molecule has 0 saturated carbocycles. The Bertz CT molecular complexity index is 910. The van der Waals surface area contributed by atoms with Crippen LogP contribution in [0.2, 0.25) is 0 Å². The van der Waals surface area contributed by atoms with Gasteiger partial charge in [-0.3, -0.25) is 4.90 Å². The van der Waals surface area contributed by atoms with E-state index in [4.69, 9.17) is 9.51 Å². The summed E-state index contributed by atoms with van der Waals surface area (Å²) in [6.45, 7) is 1.16. The van der Waals surface area contributed by atoms with Crippen LogP contribution in [-0.4, -0.2) is 42.4 Å². The average molecular weight is 382 g/mol. The zero-order valence-electron chi connectivity index (χ0n) is 15.2. The maximum absolute atomic E-state index is 5.55. The summed E-state index contributed by atoms with van der Waals surface area (Å²) in [5.41, 5.74) is 1.40. The lowest BCUT2D eigenvalue weighted by Crippen LogP contribution is -2.27. The van der Waals surface area contributed by atoms with E-state index in [1.165, 1.54) is 18.4 Å². The van der Waals surface area contributed by atoms with Crippen molar-refractivity contribution in [2.24, 2.45) is 7.05 Å². The molecule has 27 heavy (non-hydrogen) atoms. The quantitative estimate of drug-likeness (QED) is 0.628. The van der Waals surface area contributed by atoms with Gasteiger partial charge in [-0.1, -0.05) is 47.3 Å². The van der Waals surface area contributed by atoms with Crippen LogP contribution in [0.4, 0.5) is 0 Å². The highest BCUT2D eigenvalue weighted by Crippen LogP contribution is 2.48. The van der Waals surface area contributed by atoms with E-state index in [0.29, 0.717) is 29.6 Å². The standard InChI is InChI=1S/C19H22N6OS/c1-24-12-20-22-19(24)27-11-17-21-18(23-26-17)14-10-16(13-6-3-2-4-7-13)25-9-5-8-15(14)25/h2-4,6-7,12,14-16H,5,8-11H2,1H3/t14-,15+,16-/m1/s1. The van der Waals surface area contributed by atoms with Crippen LogP contribution in [-0.2, 0) is 12.8 Å². The van der Waals surface area contributed by atoms with Crippen LogP contribution in [0.3, 0.4) is 0 Å². The van der Waals surface area contributed by atoms with Crippen LogP contribution >= 0.6 is 11.8 Å². The first-order valence-electron chi connectivity index (χ1n) is 9.39. The molecule has 0 N–H and O–H groups in total. The van der Waals surface area contributed by atoms with Gasteiger partial charge in [0, 0.05) is 25.0 Å². The van der Waals surface area contributed by atoms with E-state index in [1.54, 1.807) is 18.1 Å². The average Bonchev–Trinajstić information content (AvgIpc) is 3.45. The van der Waals surface area contributed by atoms with E-state index < -0.39 is 0 Å². The summed E-state index contributed by atoms with van der Waals surface area (Å²) >= 11 is 1.56. The van der Waals surface area contributed by atoms with Gasteiger partial charge in [0.25, 0.3) is 0 Å². The summed E-state index contributed by atoms with van der Waals surface area (Å²) in [4.78, 5) is 7.37. The fourth-order valence-electron chi connectivity index (χ4n) is 4.45. The third-order valence-electron chi connectivity index (χ3n) is 5.68. The van der Waals surface area contributed by atoms with Crippen molar-refractivity contribution in [2.75, 3.05) is 6.54 Å². The minimum atomic E-state index is 0.343. The smallest absolute Gasteiger partial charge is 0.237 e. The fourth-order valence-corrected chi connectivity index (χ4v) is 5.18. The van der Waals surface area contributed by atoms with Gasteiger partial charge in [-0.15, -0.1) is 10.2 Å². The molecule has 0 bridgehead atoms. The van der Waals surface area contributed by atoms with Gasteiger partial charge in [0.1, 0.15) is 6.33 Å². The number of rotatable bonds is 5. The molecule has 3 atom stereocenters. The Morgan fingerprint density at radius 1 is 1.26 bits per heavy atom. The van der Waals surface area contributed by atoms with Gasteiger partial charge in [-0.25, -0.2) is 0 Å². The van der Waals surface area contributed by atoms with Crippen LogP contribution in [0, 0.1) is 0 Å². The third kappa shape index (κ3) is 3.17. The van der Waals surface area contributed by atoms with Crippen LogP contribution < -0.4 is 0 Å². The molecule has 140 valence electrons. The Kier molecular flexibility index (Phi) is 4.45. The lowest BCUT2D eigenvalue weighted by Gasteiger charge is -2.24. The molecule has 0 aliphatic carbocycles. The van der Waals surface area contributed by atoms with E-state index in [2.05, 4.69) is 50.6 Å². The van der Waals surface area contributed by atoms with Crippen molar-refractivity contribution in [2.45, 2.75) is 48.2 Å². The number of fused-ring (bicyclic) bond motifs is 1. The van der Waals surface area contributed by atoms with Crippen molar-refractivity contribution in [3.05, 3.63) is 53.9 Å². The summed E-state index contributed by atoms with van der Waals surface area (Å²) in [6, 6.07) is 11.8. The van der Waals surface area contributed by atoms with E-state index in [9.17, 15) is 0 Å². The maximum atomic E-state index is 5.55. The first-order chi connectivity index (χ1) is 13.3. The van der Waals surface area contributed by atoms with E-state index in [-0.39, 0.29) is 0 Å². The molecule has 2 aliphatic rings. The topological polar surface area (TPSA) is 72.9 Å². The number of thioether (sulfide) groups is 1. The number of aromatic nitrogens is 5. The van der Waals surface area contributed by atoms with Gasteiger partial charge in [-0.2, -0.15) is 4.98 Å². The van der Waals surface area contributed by atoms with Gasteiger partial charge in [0.2, 0.25) is 5.89 Å². The number of aryl methyl sites for hydroxylation is 1. The Morgan fingerprint density at radius 3 is 2.96 bits per heavy atom. The highest BCUT2D eigenvalue weighted by atomic mass is 32.2. The number of hydrogen-bond acceptors (Lipinski definition) is 7. The zero-order valence-corrected chi connectivity index (χ0v) is 16.0. The Balaban J connectivity index is 1.33. The molecular weight excluding hydrogens is 360 g/mol. The van der Waals surface area contributed by atoms with Crippen molar-refractivity contribution in [3.63, 3.8) is 0 Å². The van der Waals surface area contributed by atoms with Crippen molar-refractivity contribution in [1.82, 2.24) is 29.8 Å². The van der Waals surface area contributed by atoms with E-state index in [1.807, 2.05) is 11.6 Å². The minimum absolute atomic E-state index is 0.343. The molecule has 0 spiro atoms. The van der Waals surface area contributed by atoms with Gasteiger partial charge in [0.15, 0.2) is 11.0 Å². The molecule has 0 radical (unpaired) electrons. The minimum Gasteiger partial charge on any atom is -0.338 e. The number of benzene rings is 1. The summed E-state index contributed by atoms with van der Waals surface area (Å²) in [7, 11) is 1.93. The van der Waals surface area contributed by atoms with Gasteiger partial charge in [0.05, 0.1) is 5.75 Å². The second kappa shape index (κ2) is 7.09. The Hall–Kier alpha value is -2.19. The van der Waals surface area contributed by atoms with E-state index in [0.717, 1.165) is 23.9 Å². The largest absolute Gasteiger partial charge is 0.338 e. The molecule has 2 saturated heterocycles. The van der Waals surface area contributed by atoms with Gasteiger partial charge in [-0.05, 0) is 31.4 Å². The lowest BCUT2D eigenvalue weighted by molar-refractivity contribution is 0.243. The molecule has 8 heteroatoms. The molecule has 7 nitrogen and oxygen atoms in total. The second-order valence-corrected chi connectivity index (χ2v) is 8.22. The molecule has 3 aromatic rings. The number of hydrogen-bond donors (Lipinski definition) is 0. The van der Waals surface area contributed by atoms with Crippen LogP contribution in [0.5, 0.6) is 0 Å². The fraction of sp³-hybridized carbons (Fsp3) is 0.474. The van der Waals surface area contributed by atoms with Gasteiger partial charge >= 0.3 is 0 Å². The molecule has 2 aliphatic heterocycles. The van der Waals surface area contributed by atoms with Gasteiger partial charge < -0.3 is 9.09 Å². The summed E-state index contributed by atoms with van der Waals surface area (Å²) in [5, 5.41) is 13.2. The molecule has 0 amide bonds. The molecule has 4 heterocycles. The molecule has 1 aromatic carbocycles. The molecule has 2 fully saturated rings. The SMILES string of the molecule is Cn1cnnc1SCc1nc([C@@H]2C[C@H](c3ccccc3)N3CCC[C@@H]23)no1. The molecular formula is C19H22N6OS. The lowest BCUT2D eigenvalue weighted by atomic mass is 9.94. The predicted molar refractivity (Wildman–Crippen MR) is 101 cm³/mol. The monoisotopic (exact) mass is 382 g/mol. The Morgan fingerprint density at radius 2 is 2.15 bits per heavy atom. The van der Waals surface area contributed by atoms with Crippen molar-refractivity contribution >= 4 is 11.8 Å². The van der Waals surface area contributed by atoms with Crippen LogP contribution in [0.25, 0.3) is 0 Å². The maximum Gasteiger partial charge on any atom is 0.237 e. The molecule has 2 aromatic heterocycles. The molecule has 5 rings (SSSR count). The summed E-state index contributed by atoms with van der Waals surface area (Å²) < 4.78 is 7.44. The third-order valence-corrected chi connectivity index (χ3v) is 6.70. The highest BCUT2D eigenvalue weighted by Gasteiger charge is 2.46. The predicted octanol–water partition coefficient (Wildman–Crippen LogP) is 3.18. The summed E-state index contributed by atoms with van der Waals surface area (Å²) in [6.07, 6.45) is 5.21. The van der Waals surface area contributed by atoms with Crippen molar-refractivity contribution < 1.29 is 4.52 Å². The number of nitrogens with zero attached hydrogens (tertiary/aromatic N) is 6. The summed E-state index contributed by atoms with van der Waals surface area (Å²) in [5.74, 6) is 2.47. The van der Waals surface area contributed by atoms with Crippen LogP contribution in [0.15, 0.2) is 46.3 Å². The molecule has 0 unspecified atom stereocenters. The Labute approximate surface area is 162 Å². The van der Waals surface area contributed by atoms with E-state index >= 15 is 0 Å². The normalized spacial score (nSPS) is 25.1. The van der Waals surface area contributed by atoms with Crippen molar-refractivity contribution in [3.8, 4) is 0 Å². The first-order valence-corrected chi connectivity index (χ1v) is 10.4. The van der Waals surface area contributed by atoms with Crippen molar-refractivity contribution in [1.29, 1.82) is 0 Å². The van der Waals surface area contributed by atoms with Crippen LogP contribution in [0.1, 0.15) is 48.5 Å².